The molecular formula is C19H19BrFN3O4. The number of hydrogen-bond donors (Lipinski definition) is 1. The highest BCUT2D eigenvalue weighted by Gasteiger charge is 2.40. The quantitative estimate of drug-likeness (QED) is 0.590. The van der Waals surface area contributed by atoms with Crippen LogP contribution in [-0.2, 0) is 4.74 Å². The minimum atomic E-state index is -1.23. The molecule has 148 valence electrons. The van der Waals surface area contributed by atoms with Gasteiger partial charge < -0.3 is 14.1 Å². The fourth-order valence-electron chi connectivity index (χ4n) is 3.37. The van der Waals surface area contributed by atoms with Crippen LogP contribution in [0, 0.1) is 0 Å². The maximum Gasteiger partial charge on any atom is 0.411 e. The first-order valence-corrected chi connectivity index (χ1v) is 9.67. The van der Waals surface area contributed by atoms with Crippen molar-refractivity contribution >= 4 is 44.1 Å². The van der Waals surface area contributed by atoms with Crippen LogP contribution >= 0.6 is 15.9 Å². The van der Waals surface area contributed by atoms with Crippen molar-refractivity contribution in [2.24, 2.45) is 0 Å². The number of aromatic nitrogens is 2. The highest BCUT2D eigenvalue weighted by Crippen LogP contribution is 2.34. The summed E-state index contributed by atoms with van der Waals surface area (Å²) in [6.45, 7) is 5.11. The largest absolute Gasteiger partial charge is 0.449 e. The summed E-state index contributed by atoms with van der Waals surface area (Å²) in [6.07, 6.45) is -1.83. The average molecular weight is 452 g/mol. The van der Waals surface area contributed by atoms with Gasteiger partial charge in [0.25, 0.3) is 5.56 Å². The number of nitrogens with zero attached hydrogens (tertiary/aromatic N) is 2. The highest BCUT2D eigenvalue weighted by molar-refractivity contribution is 9.10. The van der Waals surface area contributed by atoms with E-state index in [0.717, 1.165) is 4.47 Å². The van der Waals surface area contributed by atoms with Crippen molar-refractivity contribution in [3.05, 3.63) is 38.9 Å². The molecule has 0 saturated carbocycles. The third kappa shape index (κ3) is 3.39. The summed E-state index contributed by atoms with van der Waals surface area (Å²) >= 11 is 3.40. The SMILES string of the molecule is CC(C)(C)OC(=O)N1C[C@H](F)C[C@H]1c1nc2c(oc3ccc(Br)cc32)c(=O)[nH]1. The van der Waals surface area contributed by atoms with Crippen molar-refractivity contribution in [1.82, 2.24) is 14.9 Å². The van der Waals surface area contributed by atoms with E-state index in [1.807, 2.05) is 0 Å². The van der Waals surface area contributed by atoms with Crippen LogP contribution in [0.2, 0.25) is 0 Å². The fraction of sp³-hybridized carbons (Fsp3) is 0.421. The summed E-state index contributed by atoms with van der Waals surface area (Å²) in [5.41, 5.74) is -0.198. The molecule has 0 bridgehead atoms. The summed E-state index contributed by atoms with van der Waals surface area (Å²) in [4.78, 5) is 33.6. The Bertz CT molecular complexity index is 1130. The molecule has 3 heterocycles. The van der Waals surface area contributed by atoms with E-state index in [1.165, 1.54) is 4.90 Å². The number of rotatable bonds is 1. The third-order valence-corrected chi connectivity index (χ3v) is 4.99. The molecule has 2 aromatic heterocycles. The molecule has 1 aliphatic heterocycles. The molecule has 1 aromatic carbocycles. The molecule has 9 heteroatoms. The van der Waals surface area contributed by atoms with Gasteiger partial charge >= 0.3 is 6.09 Å². The molecule has 7 nitrogen and oxygen atoms in total. The second-order valence-electron chi connectivity index (χ2n) is 7.85. The van der Waals surface area contributed by atoms with E-state index in [4.69, 9.17) is 9.15 Å². The lowest BCUT2D eigenvalue weighted by atomic mass is 10.2. The lowest BCUT2D eigenvalue weighted by Crippen LogP contribution is -2.37. The number of benzene rings is 1. The number of carbonyl (C=O) groups is 1. The van der Waals surface area contributed by atoms with Crippen LogP contribution in [0.3, 0.4) is 0 Å². The van der Waals surface area contributed by atoms with Gasteiger partial charge in [-0.3, -0.25) is 9.69 Å². The molecule has 0 radical (unpaired) electrons. The molecule has 3 aromatic rings. The fourth-order valence-corrected chi connectivity index (χ4v) is 3.73. The number of alkyl halides is 1. The van der Waals surface area contributed by atoms with Crippen LogP contribution < -0.4 is 5.56 Å². The van der Waals surface area contributed by atoms with E-state index < -0.39 is 29.5 Å². The molecule has 1 aliphatic rings. The minimum Gasteiger partial charge on any atom is -0.449 e. The average Bonchev–Trinajstić information content (AvgIpc) is 3.14. The number of nitrogens with one attached hydrogen (secondary N) is 1. The summed E-state index contributed by atoms with van der Waals surface area (Å²) in [6, 6.07) is 4.61. The van der Waals surface area contributed by atoms with Gasteiger partial charge in [0.1, 0.15) is 28.7 Å². The first kappa shape index (κ1) is 18.9. The maximum absolute atomic E-state index is 14.2. The Hall–Kier alpha value is -2.42. The van der Waals surface area contributed by atoms with Crippen LogP contribution in [0.15, 0.2) is 31.9 Å². The van der Waals surface area contributed by atoms with Crippen LogP contribution in [0.5, 0.6) is 0 Å². The molecule has 1 fully saturated rings. The van der Waals surface area contributed by atoms with Gasteiger partial charge in [-0.05, 0) is 39.0 Å². The van der Waals surface area contributed by atoms with Crippen LogP contribution in [0.25, 0.3) is 22.1 Å². The molecule has 28 heavy (non-hydrogen) atoms. The Balaban J connectivity index is 1.80. The predicted molar refractivity (Wildman–Crippen MR) is 105 cm³/mol. The molecule has 1 saturated heterocycles. The third-order valence-electron chi connectivity index (χ3n) is 4.50. The Labute approximate surface area is 168 Å². The molecule has 0 unspecified atom stereocenters. The Morgan fingerprint density at radius 1 is 1.43 bits per heavy atom. The van der Waals surface area contributed by atoms with Gasteiger partial charge in [-0.2, -0.15) is 0 Å². The van der Waals surface area contributed by atoms with Crippen molar-refractivity contribution in [3.63, 3.8) is 0 Å². The first-order valence-electron chi connectivity index (χ1n) is 8.88. The zero-order chi connectivity index (χ0) is 20.2. The number of fused-ring (bicyclic) bond motifs is 3. The van der Waals surface area contributed by atoms with Crippen molar-refractivity contribution in [3.8, 4) is 0 Å². The standard InChI is InChI=1S/C19H19BrFN3O4/c1-19(2,3)28-18(26)24-8-10(21)7-12(24)16-22-14-11-6-9(20)4-5-13(11)27-15(14)17(25)23-16/h4-6,10,12H,7-8H2,1-3H3,(H,22,23,25)/t10-,12+/m1/s1. The number of ether oxygens (including phenoxy) is 1. The molecule has 2 atom stereocenters. The monoisotopic (exact) mass is 451 g/mol. The van der Waals surface area contributed by atoms with E-state index >= 15 is 0 Å². The van der Waals surface area contributed by atoms with Gasteiger partial charge in [0.2, 0.25) is 5.58 Å². The van der Waals surface area contributed by atoms with Crippen molar-refractivity contribution in [2.45, 2.75) is 45.0 Å². The number of hydrogen-bond acceptors (Lipinski definition) is 5. The summed E-state index contributed by atoms with van der Waals surface area (Å²) in [7, 11) is 0. The highest BCUT2D eigenvalue weighted by atomic mass is 79.9. The van der Waals surface area contributed by atoms with Gasteiger partial charge in [-0.25, -0.2) is 14.2 Å². The summed E-state index contributed by atoms with van der Waals surface area (Å²) < 4.78 is 26.0. The smallest absolute Gasteiger partial charge is 0.411 e. The maximum atomic E-state index is 14.2. The number of furan rings is 1. The summed E-state index contributed by atoms with van der Waals surface area (Å²) in [5.74, 6) is 0.214. The van der Waals surface area contributed by atoms with Crippen molar-refractivity contribution < 1.29 is 18.3 Å². The van der Waals surface area contributed by atoms with E-state index in [9.17, 15) is 14.0 Å². The number of aromatic amines is 1. The van der Waals surface area contributed by atoms with Crippen LogP contribution in [0.4, 0.5) is 9.18 Å². The van der Waals surface area contributed by atoms with E-state index in [-0.39, 0.29) is 24.4 Å². The van der Waals surface area contributed by atoms with Gasteiger partial charge in [0.15, 0.2) is 0 Å². The van der Waals surface area contributed by atoms with E-state index in [2.05, 4.69) is 25.9 Å². The predicted octanol–water partition coefficient (Wildman–Crippen LogP) is 4.45. The number of carbonyl (C=O) groups excluding carboxylic acids is 1. The van der Waals surface area contributed by atoms with Gasteiger partial charge in [-0.1, -0.05) is 15.9 Å². The van der Waals surface area contributed by atoms with Gasteiger partial charge in [0.05, 0.1) is 12.6 Å². The molecule has 1 amide bonds. The van der Waals surface area contributed by atoms with E-state index in [0.29, 0.717) is 16.5 Å². The molecule has 1 N–H and O–H groups in total. The topological polar surface area (TPSA) is 88.4 Å². The first-order chi connectivity index (χ1) is 13.1. The Morgan fingerprint density at radius 2 is 2.18 bits per heavy atom. The number of amides is 1. The second-order valence-corrected chi connectivity index (χ2v) is 8.77. The Kier molecular flexibility index (Phi) is 4.45. The number of likely N-dealkylation sites (tertiary alicyclic amines) is 1. The van der Waals surface area contributed by atoms with Crippen molar-refractivity contribution in [1.29, 1.82) is 0 Å². The molecular weight excluding hydrogens is 433 g/mol. The zero-order valence-corrected chi connectivity index (χ0v) is 17.2. The molecule has 4 rings (SSSR count). The van der Waals surface area contributed by atoms with Crippen LogP contribution in [0.1, 0.15) is 39.1 Å². The van der Waals surface area contributed by atoms with Gasteiger partial charge in [0, 0.05) is 16.3 Å². The molecule has 0 aliphatic carbocycles. The lowest BCUT2D eigenvalue weighted by Gasteiger charge is -2.27. The minimum absolute atomic E-state index is 0.0349. The number of halogens is 2. The number of H-pyrrole nitrogens is 1. The second kappa shape index (κ2) is 6.58. The van der Waals surface area contributed by atoms with Crippen LogP contribution in [-0.4, -0.2) is 39.3 Å². The normalized spacial score (nSPS) is 20.2. The zero-order valence-electron chi connectivity index (χ0n) is 15.6. The summed E-state index contributed by atoms with van der Waals surface area (Å²) in [5, 5.41) is 0.662. The molecule has 0 spiro atoms. The Morgan fingerprint density at radius 3 is 2.89 bits per heavy atom. The van der Waals surface area contributed by atoms with Crippen molar-refractivity contribution in [2.75, 3.05) is 6.54 Å². The lowest BCUT2D eigenvalue weighted by molar-refractivity contribution is 0.0210. The van der Waals surface area contributed by atoms with Gasteiger partial charge in [-0.15, -0.1) is 0 Å². The van der Waals surface area contributed by atoms with E-state index in [1.54, 1.807) is 39.0 Å².